The van der Waals surface area contributed by atoms with E-state index in [1.54, 1.807) is 25.3 Å². The van der Waals surface area contributed by atoms with E-state index in [-0.39, 0.29) is 6.61 Å². The summed E-state index contributed by atoms with van der Waals surface area (Å²) in [7, 11) is 1.57. The van der Waals surface area contributed by atoms with Crippen molar-refractivity contribution >= 4 is 17.2 Å². The predicted octanol–water partition coefficient (Wildman–Crippen LogP) is 1.48. The molecule has 0 bridgehead atoms. The molecule has 1 aromatic carbocycles. The summed E-state index contributed by atoms with van der Waals surface area (Å²) in [5.74, 6) is 1.27. The second-order valence-corrected chi connectivity index (χ2v) is 3.95. The number of hydrogen-bond acceptors (Lipinski definition) is 4. The van der Waals surface area contributed by atoms with Crippen molar-refractivity contribution in [1.29, 1.82) is 0 Å². The van der Waals surface area contributed by atoms with Gasteiger partial charge < -0.3 is 20.3 Å². The zero-order chi connectivity index (χ0) is 12.7. The van der Waals surface area contributed by atoms with Gasteiger partial charge in [0.05, 0.1) is 13.7 Å². The lowest BCUT2D eigenvalue weighted by molar-refractivity contribution is 0.247. The third kappa shape index (κ3) is 4.20. The Labute approximate surface area is 106 Å². The average Bonchev–Trinajstić information content (AvgIpc) is 2.34. The van der Waals surface area contributed by atoms with Gasteiger partial charge >= 0.3 is 0 Å². The molecule has 3 N–H and O–H groups in total. The van der Waals surface area contributed by atoms with E-state index in [2.05, 4.69) is 0 Å². The molecule has 1 rings (SSSR count). The number of hydrogen-bond donors (Lipinski definition) is 2. The number of benzene rings is 1. The van der Waals surface area contributed by atoms with E-state index in [0.29, 0.717) is 23.1 Å². The lowest BCUT2D eigenvalue weighted by atomic mass is 10.2. The minimum Gasteiger partial charge on any atom is -0.493 e. The minimum absolute atomic E-state index is 0.181. The van der Waals surface area contributed by atoms with E-state index < -0.39 is 0 Å². The van der Waals surface area contributed by atoms with Crippen LogP contribution in [0.5, 0.6) is 11.5 Å². The lowest BCUT2D eigenvalue weighted by Crippen LogP contribution is -2.09. The molecule has 4 nitrogen and oxygen atoms in total. The molecule has 0 amide bonds. The van der Waals surface area contributed by atoms with E-state index in [1.165, 1.54) is 0 Å². The highest BCUT2D eigenvalue weighted by Gasteiger charge is 2.06. The molecule has 94 valence electrons. The molecule has 0 aliphatic heterocycles. The van der Waals surface area contributed by atoms with Gasteiger partial charge in [-0.1, -0.05) is 12.2 Å². The van der Waals surface area contributed by atoms with Crippen molar-refractivity contribution in [2.45, 2.75) is 12.8 Å². The second kappa shape index (κ2) is 7.09. The Balaban J connectivity index is 2.68. The standard InChI is InChI=1S/C12H17NO3S/c1-15-11-8-9(12(13)17)4-5-10(11)16-7-3-2-6-14/h4-5,8,14H,2-3,6-7H2,1H3,(H2,13,17). The molecule has 5 heteroatoms. The summed E-state index contributed by atoms with van der Waals surface area (Å²) in [5, 5.41) is 8.65. The molecule has 0 saturated heterocycles. The first-order valence-electron chi connectivity index (χ1n) is 5.40. The van der Waals surface area contributed by atoms with Crippen molar-refractivity contribution in [1.82, 2.24) is 0 Å². The summed E-state index contributed by atoms with van der Waals surface area (Å²) >= 11 is 4.89. The highest BCUT2D eigenvalue weighted by Crippen LogP contribution is 2.28. The van der Waals surface area contributed by atoms with Gasteiger partial charge in [0, 0.05) is 12.2 Å². The van der Waals surface area contributed by atoms with E-state index in [4.69, 9.17) is 32.5 Å². The predicted molar refractivity (Wildman–Crippen MR) is 70.7 cm³/mol. The summed E-state index contributed by atoms with van der Waals surface area (Å²) < 4.78 is 10.7. The van der Waals surface area contributed by atoms with Crippen LogP contribution in [0.2, 0.25) is 0 Å². The number of rotatable bonds is 7. The minimum atomic E-state index is 0.181. The van der Waals surface area contributed by atoms with Crippen molar-refractivity contribution in [3.63, 3.8) is 0 Å². The second-order valence-electron chi connectivity index (χ2n) is 3.51. The van der Waals surface area contributed by atoms with Crippen LogP contribution in [0.3, 0.4) is 0 Å². The SMILES string of the molecule is COc1cc(C(N)=S)ccc1OCCCCO. The Morgan fingerprint density at radius 3 is 2.71 bits per heavy atom. The molecular weight excluding hydrogens is 238 g/mol. The fourth-order valence-electron chi connectivity index (χ4n) is 1.34. The molecule has 0 atom stereocenters. The van der Waals surface area contributed by atoms with Crippen LogP contribution >= 0.6 is 12.2 Å². The molecule has 0 radical (unpaired) electrons. The summed E-state index contributed by atoms with van der Waals surface area (Å²) in [6, 6.07) is 5.34. The smallest absolute Gasteiger partial charge is 0.161 e. The van der Waals surface area contributed by atoms with E-state index >= 15 is 0 Å². The molecule has 17 heavy (non-hydrogen) atoms. The normalized spacial score (nSPS) is 10.0. The van der Waals surface area contributed by atoms with Crippen LogP contribution in [-0.2, 0) is 0 Å². The summed E-state index contributed by atoms with van der Waals surface area (Å²) in [6.45, 7) is 0.726. The number of thiocarbonyl (C=S) groups is 1. The van der Waals surface area contributed by atoms with Crippen LogP contribution in [0, 0.1) is 0 Å². The molecule has 0 aliphatic rings. The monoisotopic (exact) mass is 255 g/mol. The van der Waals surface area contributed by atoms with E-state index in [9.17, 15) is 0 Å². The third-order valence-electron chi connectivity index (χ3n) is 2.26. The van der Waals surface area contributed by atoms with Crippen molar-refractivity contribution < 1.29 is 14.6 Å². The van der Waals surface area contributed by atoms with E-state index in [1.807, 2.05) is 0 Å². The average molecular weight is 255 g/mol. The highest BCUT2D eigenvalue weighted by atomic mass is 32.1. The van der Waals surface area contributed by atoms with Crippen LogP contribution < -0.4 is 15.2 Å². The van der Waals surface area contributed by atoms with Crippen LogP contribution in [-0.4, -0.2) is 30.4 Å². The molecule has 0 spiro atoms. The van der Waals surface area contributed by atoms with Gasteiger partial charge in [0.2, 0.25) is 0 Å². The van der Waals surface area contributed by atoms with Crippen LogP contribution in [0.1, 0.15) is 18.4 Å². The Bertz CT molecular complexity index is 382. The molecular formula is C12H17NO3S. The number of nitrogens with two attached hydrogens (primary N) is 1. The van der Waals surface area contributed by atoms with Gasteiger partial charge in [0.15, 0.2) is 11.5 Å². The Morgan fingerprint density at radius 2 is 2.12 bits per heavy atom. The van der Waals surface area contributed by atoms with Gasteiger partial charge in [-0.25, -0.2) is 0 Å². The Kier molecular flexibility index (Phi) is 5.72. The first-order chi connectivity index (χ1) is 8.19. The lowest BCUT2D eigenvalue weighted by Gasteiger charge is -2.11. The molecule has 0 aliphatic carbocycles. The molecule has 0 fully saturated rings. The first kappa shape index (κ1) is 13.7. The fourth-order valence-corrected chi connectivity index (χ4v) is 1.46. The Morgan fingerprint density at radius 1 is 1.35 bits per heavy atom. The van der Waals surface area contributed by atoms with Gasteiger partial charge in [0.25, 0.3) is 0 Å². The quantitative estimate of drug-likeness (QED) is 0.571. The number of aliphatic hydroxyl groups excluding tert-OH is 1. The molecule has 1 aromatic rings. The fraction of sp³-hybridized carbons (Fsp3) is 0.417. The maximum Gasteiger partial charge on any atom is 0.161 e. The maximum absolute atomic E-state index is 8.65. The Hall–Kier alpha value is -1.33. The van der Waals surface area contributed by atoms with Crippen LogP contribution in [0.25, 0.3) is 0 Å². The highest BCUT2D eigenvalue weighted by molar-refractivity contribution is 7.80. The van der Waals surface area contributed by atoms with Crippen molar-refractivity contribution in [2.75, 3.05) is 20.3 Å². The summed E-state index contributed by atoms with van der Waals surface area (Å²) in [6.07, 6.45) is 1.53. The molecule has 0 heterocycles. The molecule has 0 unspecified atom stereocenters. The van der Waals surface area contributed by atoms with Gasteiger partial charge in [-0.15, -0.1) is 0 Å². The number of unbranched alkanes of at least 4 members (excludes halogenated alkanes) is 1. The molecule has 0 saturated carbocycles. The van der Waals surface area contributed by atoms with Gasteiger partial charge in [-0.05, 0) is 31.0 Å². The first-order valence-corrected chi connectivity index (χ1v) is 5.81. The van der Waals surface area contributed by atoms with Crippen molar-refractivity contribution in [3.8, 4) is 11.5 Å². The van der Waals surface area contributed by atoms with Gasteiger partial charge in [0.1, 0.15) is 4.99 Å². The van der Waals surface area contributed by atoms with Crippen molar-refractivity contribution in [3.05, 3.63) is 23.8 Å². The van der Waals surface area contributed by atoms with Crippen LogP contribution in [0.15, 0.2) is 18.2 Å². The molecule has 0 aromatic heterocycles. The number of ether oxygens (including phenoxy) is 2. The van der Waals surface area contributed by atoms with Gasteiger partial charge in [-0.2, -0.15) is 0 Å². The summed E-state index contributed by atoms with van der Waals surface area (Å²) in [4.78, 5) is 0.329. The zero-order valence-corrected chi connectivity index (χ0v) is 10.6. The number of methoxy groups -OCH3 is 1. The maximum atomic E-state index is 8.65. The van der Waals surface area contributed by atoms with Crippen molar-refractivity contribution in [2.24, 2.45) is 5.73 Å². The third-order valence-corrected chi connectivity index (χ3v) is 2.49. The topological polar surface area (TPSA) is 64.7 Å². The summed E-state index contributed by atoms with van der Waals surface area (Å²) in [5.41, 5.74) is 6.28. The number of aliphatic hydroxyl groups is 1. The zero-order valence-electron chi connectivity index (χ0n) is 9.81. The largest absolute Gasteiger partial charge is 0.493 e. The van der Waals surface area contributed by atoms with Crippen LogP contribution in [0.4, 0.5) is 0 Å². The van der Waals surface area contributed by atoms with E-state index in [0.717, 1.165) is 18.4 Å². The van der Waals surface area contributed by atoms with Gasteiger partial charge in [-0.3, -0.25) is 0 Å².